The average Bonchev–Trinajstić information content (AvgIpc) is 3.05. The third-order valence-corrected chi connectivity index (χ3v) is 5.49. The zero-order chi connectivity index (χ0) is 21.4. The highest BCUT2D eigenvalue weighted by atomic mass is 35.5. The maximum Gasteiger partial charge on any atom is 0.278 e. The summed E-state index contributed by atoms with van der Waals surface area (Å²) in [5, 5.41) is 7.39. The molecule has 1 aliphatic heterocycles. The zero-order valence-electron chi connectivity index (χ0n) is 16.7. The van der Waals surface area contributed by atoms with E-state index in [-0.39, 0.29) is 5.56 Å². The van der Waals surface area contributed by atoms with E-state index >= 15 is 0 Å². The first-order valence-electron chi connectivity index (χ1n) is 9.95. The fourth-order valence-electron chi connectivity index (χ4n) is 3.85. The monoisotopic (exact) mass is 433 g/mol. The lowest BCUT2D eigenvalue weighted by Crippen LogP contribution is -2.23. The first-order chi connectivity index (χ1) is 15.1. The third kappa shape index (κ3) is 3.60. The highest BCUT2D eigenvalue weighted by Gasteiger charge is 2.17. The predicted molar refractivity (Wildman–Crippen MR) is 121 cm³/mol. The van der Waals surface area contributed by atoms with Crippen LogP contribution in [0.25, 0.3) is 16.7 Å². The smallest absolute Gasteiger partial charge is 0.278 e. The quantitative estimate of drug-likeness (QED) is 0.371. The number of hydrogen-bond donors (Lipinski definition) is 2. The number of nitrogens with zero attached hydrogens (tertiary/aromatic N) is 5. The summed E-state index contributed by atoms with van der Waals surface area (Å²) in [5.41, 5.74) is 4.47. The summed E-state index contributed by atoms with van der Waals surface area (Å²) in [4.78, 5) is 26.0. The molecule has 8 nitrogen and oxygen atoms in total. The molecular weight excluding hydrogens is 414 g/mol. The topological polar surface area (TPSA) is 89.7 Å². The molecule has 0 spiro atoms. The molecular formula is C22H20ClN7O. The van der Waals surface area contributed by atoms with E-state index < -0.39 is 0 Å². The number of anilines is 2. The van der Waals surface area contributed by atoms with Gasteiger partial charge in [0.05, 0.1) is 12.2 Å². The molecule has 0 saturated carbocycles. The van der Waals surface area contributed by atoms with Gasteiger partial charge in [-0.05, 0) is 42.3 Å². The van der Waals surface area contributed by atoms with Crippen LogP contribution in [0.5, 0.6) is 0 Å². The minimum atomic E-state index is -0.200. The van der Waals surface area contributed by atoms with Gasteiger partial charge in [0, 0.05) is 30.7 Å². The molecule has 9 heteroatoms. The SMILES string of the molecule is C=CCn1c(=O)c2cnc(Nc3ccc4c(c3)CNCC4)nc2n1-c1ccnc(Cl)c1. The average molecular weight is 434 g/mol. The molecule has 0 fully saturated rings. The third-order valence-electron chi connectivity index (χ3n) is 5.28. The number of hydrogen-bond acceptors (Lipinski definition) is 6. The van der Waals surface area contributed by atoms with Crippen molar-refractivity contribution in [3.8, 4) is 5.69 Å². The molecule has 0 bridgehead atoms. The van der Waals surface area contributed by atoms with E-state index in [0.717, 1.165) is 25.2 Å². The summed E-state index contributed by atoms with van der Waals surface area (Å²) in [6.07, 6.45) is 5.82. The van der Waals surface area contributed by atoms with Gasteiger partial charge in [-0.2, -0.15) is 4.98 Å². The second-order valence-electron chi connectivity index (χ2n) is 7.29. The van der Waals surface area contributed by atoms with Crippen LogP contribution in [0.15, 0.2) is 60.2 Å². The molecule has 0 unspecified atom stereocenters. The second-order valence-corrected chi connectivity index (χ2v) is 7.68. The summed E-state index contributed by atoms with van der Waals surface area (Å²) in [7, 11) is 0. The maximum atomic E-state index is 13.0. The summed E-state index contributed by atoms with van der Waals surface area (Å²) in [6.45, 7) is 5.92. The van der Waals surface area contributed by atoms with Gasteiger partial charge in [0.15, 0.2) is 5.65 Å². The normalized spacial score (nSPS) is 13.2. The Hall–Kier alpha value is -3.49. The lowest BCUT2D eigenvalue weighted by Gasteiger charge is -2.18. The van der Waals surface area contributed by atoms with Gasteiger partial charge in [-0.15, -0.1) is 6.58 Å². The zero-order valence-corrected chi connectivity index (χ0v) is 17.4. The van der Waals surface area contributed by atoms with Crippen molar-refractivity contribution in [2.75, 3.05) is 11.9 Å². The van der Waals surface area contributed by atoms with Crippen LogP contribution in [0, 0.1) is 0 Å². The number of aromatic nitrogens is 5. The Morgan fingerprint density at radius 2 is 2.13 bits per heavy atom. The highest BCUT2D eigenvalue weighted by molar-refractivity contribution is 6.29. The summed E-state index contributed by atoms with van der Waals surface area (Å²) >= 11 is 6.10. The summed E-state index contributed by atoms with van der Waals surface area (Å²) < 4.78 is 3.27. The van der Waals surface area contributed by atoms with E-state index in [9.17, 15) is 4.79 Å². The van der Waals surface area contributed by atoms with E-state index in [0.29, 0.717) is 34.4 Å². The van der Waals surface area contributed by atoms with Crippen molar-refractivity contribution < 1.29 is 0 Å². The van der Waals surface area contributed by atoms with Crippen molar-refractivity contribution in [1.29, 1.82) is 0 Å². The number of benzene rings is 1. The molecule has 3 aromatic heterocycles. The Labute approximate surface area is 183 Å². The Morgan fingerprint density at radius 3 is 2.97 bits per heavy atom. The molecule has 1 aromatic carbocycles. The van der Waals surface area contributed by atoms with Crippen molar-refractivity contribution in [3.63, 3.8) is 0 Å². The maximum absolute atomic E-state index is 13.0. The van der Waals surface area contributed by atoms with Crippen LogP contribution in [0.3, 0.4) is 0 Å². The van der Waals surface area contributed by atoms with Crippen molar-refractivity contribution in [1.82, 2.24) is 29.6 Å². The molecule has 0 radical (unpaired) electrons. The first-order valence-corrected chi connectivity index (χ1v) is 10.3. The van der Waals surface area contributed by atoms with E-state index in [4.69, 9.17) is 11.6 Å². The number of halogens is 1. The van der Waals surface area contributed by atoms with Gasteiger partial charge in [-0.25, -0.2) is 19.3 Å². The van der Waals surface area contributed by atoms with Crippen LogP contribution in [0.4, 0.5) is 11.6 Å². The van der Waals surface area contributed by atoms with E-state index in [1.54, 1.807) is 40.0 Å². The van der Waals surface area contributed by atoms with Crippen LogP contribution in [0.1, 0.15) is 11.1 Å². The Morgan fingerprint density at radius 1 is 1.23 bits per heavy atom. The Bertz CT molecular complexity index is 1360. The van der Waals surface area contributed by atoms with Crippen LogP contribution < -0.4 is 16.2 Å². The number of rotatable bonds is 5. The largest absolute Gasteiger partial charge is 0.324 e. The molecule has 0 amide bonds. The van der Waals surface area contributed by atoms with Crippen LogP contribution >= 0.6 is 11.6 Å². The lowest BCUT2D eigenvalue weighted by atomic mass is 10.0. The standard InChI is InChI=1S/C22H20ClN7O/c1-2-9-29-21(31)18-13-26-22(27-16-4-3-14-5-7-24-12-15(14)10-16)28-20(18)30(29)17-6-8-25-19(23)11-17/h2-4,6,8,10-11,13,24H,1,5,7,9,12H2,(H,26,27,28). The molecule has 5 rings (SSSR count). The fraction of sp³-hybridized carbons (Fsp3) is 0.182. The van der Waals surface area contributed by atoms with Crippen molar-refractivity contribution in [3.05, 3.63) is 82.0 Å². The van der Waals surface area contributed by atoms with Crippen molar-refractivity contribution >= 4 is 34.3 Å². The Balaban J connectivity index is 1.61. The molecule has 0 aliphatic carbocycles. The number of fused-ring (bicyclic) bond motifs is 2. The summed E-state index contributed by atoms with van der Waals surface area (Å²) in [6, 6.07) is 9.72. The summed E-state index contributed by atoms with van der Waals surface area (Å²) in [5.74, 6) is 0.404. The molecule has 0 atom stereocenters. The minimum absolute atomic E-state index is 0.200. The lowest BCUT2D eigenvalue weighted by molar-refractivity contribution is 0.605. The molecule has 156 valence electrons. The van der Waals surface area contributed by atoms with Gasteiger partial charge in [-0.3, -0.25) is 4.79 Å². The van der Waals surface area contributed by atoms with E-state index in [1.165, 1.54) is 11.1 Å². The highest BCUT2D eigenvalue weighted by Crippen LogP contribution is 2.23. The van der Waals surface area contributed by atoms with Crippen LogP contribution in [0.2, 0.25) is 5.15 Å². The van der Waals surface area contributed by atoms with Crippen LogP contribution in [-0.4, -0.2) is 30.9 Å². The van der Waals surface area contributed by atoms with Gasteiger partial charge in [0.1, 0.15) is 10.5 Å². The second kappa shape index (κ2) is 7.98. The van der Waals surface area contributed by atoms with Crippen molar-refractivity contribution in [2.45, 2.75) is 19.5 Å². The molecule has 4 heterocycles. The predicted octanol–water partition coefficient (Wildman–Crippen LogP) is 3.21. The van der Waals surface area contributed by atoms with Crippen LogP contribution in [-0.2, 0) is 19.5 Å². The number of pyridine rings is 1. The first kappa shape index (κ1) is 19.5. The molecule has 4 aromatic rings. The van der Waals surface area contributed by atoms with Gasteiger partial charge in [-0.1, -0.05) is 23.7 Å². The van der Waals surface area contributed by atoms with Gasteiger partial charge < -0.3 is 10.6 Å². The van der Waals surface area contributed by atoms with Crippen molar-refractivity contribution in [2.24, 2.45) is 0 Å². The van der Waals surface area contributed by atoms with Gasteiger partial charge in [0.25, 0.3) is 5.56 Å². The molecule has 0 saturated heterocycles. The van der Waals surface area contributed by atoms with Gasteiger partial charge >= 0.3 is 0 Å². The molecule has 31 heavy (non-hydrogen) atoms. The Kier molecular flexibility index (Phi) is 5.01. The minimum Gasteiger partial charge on any atom is -0.324 e. The molecule has 1 aliphatic rings. The number of nitrogens with one attached hydrogen (secondary N) is 2. The van der Waals surface area contributed by atoms with E-state index in [1.807, 2.05) is 6.07 Å². The molecule has 2 N–H and O–H groups in total. The number of allylic oxidation sites excluding steroid dienone is 1. The van der Waals surface area contributed by atoms with E-state index in [2.05, 4.69) is 44.3 Å². The van der Waals surface area contributed by atoms with Gasteiger partial charge in [0.2, 0.25) is 5.95 Å². The fourth-order valence-corrected chi connectivity index (χ4v) is 4.02.